The standard InChI is InChI=1S/C17H19ClN2/c18-15-3-1-2-14(10-15)12-20(17-8-9-17)11-13-4-6-16(19)7-5-13/h1-7,10,17H,8-9,11-12,19H2. The largest absolute Gasteiger partial charge is 0.399 e. The fourth-order valence-corrected chi connectivity index (χ4v) is 2.69. The van der Waals surface area contributed by atoms with Gasteiger partial charge in [-0.1, -0.05) is 35.9 Å². The molecule has 3 heteroatoms. The Morgan fingerprint density at radius 1 is 1.00 bits per heavy atom. The number of halogens is 1. The van der Waals surface area contributed by atoms with E-state index in [1.165, 1.54) is 24.0 Å². The third-order valence-corrected chi connectivity index (χ3v) is 3.94. The predicted molar refractivity (Wildman–Crippen MR) is 84.6 cm³/mol. The maximum Gasteiger partial charge on any atom is 0.0409 e. The van der Waals surface area contributed by atoms with Crippen molar-refractivity contribution in [2.24, 2.45) is 0 Å². The zero-order valence-corrected chi connectivity index (χ0v) is 12.2. The highest BCUT2D eigenvalue weighted by Crippen LogP contribution is 2.30. The van der Waals surface area contributed by atoms with Crippen molar-refractivity contribution in [1.29, 1.82) is 0 Å². The number of nitrogens with two attached hydrogens (primary N) is 1. The van der Waals surface area contributed by atoms with E-state index < -0.39 is 0 Å². The molecule has 1 aliphatic carbocycles. The van der Waals surface area contributed by atoms with Crippen LogP contribution in [0.5, 0.6) is 0 Å². The van der Waals surface area contributed by atoms with Gasteiger partial charge in [0.25, 0.3) is 0 Å². The van der Waals surface area contributed by atoms with Crippen molar-refractivity contribution in [2.45, 2.75) is 32.0 Å². The van der Waals surface area contributed by atoms with Crippen molar-refractivity contribution in [3.05, 3.63) is 64.7 Å². The first-order valence-electron chi connectivity index (χ1n) is 7.03. The van der Waals surface area contributed by atoms with Crippen molar-refractivity contribution in [3.8, 4) is 0 Å². The van der Waals surface area contributed by atoms with Crippen LogP contribution in [0.2, 0.25) is 5.02 Å². The van der Waals surface area contributed by atoms with E-state index in [1.54, 1.807) is 0 Å². The number of nitrogens with zero attached hydrogens (tertiary/aromatic N) is 1. The number of rotatable bonds is 5. The van der Waals surface area contributed by atoms with Gasteiger partial charge in [-0.05, 0) is 48.2 Å². The molecule has 1 saturated carbocycles. The number of anilines is 1. The van der Waals surface area contributed by atoms with Gasteiger partial charge in [-0.25, -0.2) is 0 Å². The molecule has 2 aromatic carbocycles. The molecule has 1 aliphatic rings. The molecule has 0 aromatic heterocycles. The summed E-state index contributed by atoms with van der Waals surface area (Å²) in [6.07, 6.45) is 2.60. The lowest BCUT2D eigenvalue weighted by molar-refractivity contribution is 0.246. The minimum Gasteiger partial charge on any atom is -0.399 e. The molecule has 1 fully saturated rings. The molecule has 0 amide bonds. The molecule has 3 rings (SSSR count). The molecule has 20 heavy (non-hydrogen) atoms. The smallest absolute Gasteiger partial charge is 0.0409 e. The lowest BCUT2D eigenvalue weighted by atomic mass is 10.1. The van der Waals surface area contributed by atoms with Crippen molar-refractivity contribution in [1.82, 2.24) is 4.90 Å². The van der Waals surface area contributed by atoms with E-state index in [-0.39, 0.29) is 0 Å². The minimum atomic E-state index is 0.714. The third kappa shape index (κ3) is 3.53. The molecule has 0 unspecified atom stereocenters. The Bertz CT molecular complexity index is 576. The van der Waals surface area contributed by atoms with Gasteiger partial charge in [-0.15, -0.1) is 0 Å². The molecule has 0 bridgehead atoms. The van der Waals surface area contributed by atoms with Crippen LogP contribution in [0.3, 0.4) is 0 Å². The average molecular weight is 287 g/mol. The fourth-order valence-electron chi connectivity index (χ4n) is 2.48. The highest BCUT2D eigenvalue weighted by molar-refractivity contribution is 6.30. The van der Waals surface area contributed by atoms with Crippen LogP contribution in [0.15, 0.2) is 48.5 Å². The molecule has 0 spiro atoms. The lowest BCUT2D eigenvalue weighted by Gasteiger charge is -2.22. The van der Waals surface area contributed by atoms with Crippen molar-refractivity contribution < 1.29 is 0 Å². The van der Waals surface area contributed by atoms with Crippen molar-refractivity contribution >= 4 is 17.3 Å². The quantitative estimate of drug-likeness (QED) is 0.839. The summed E-state index contributed by atoms with van der Waals surface area (Å²) in [6, 6.07) is 17.0. The zero-order valence-electron chi connectivity index (χ0n) is 11.4. The Labute approximate surface area is 125 Å². The van der Waals surface area contributed by atoms with Gasteiger partial charge < -0.3 is 5.73 Å². The van der Waals surface area contributed by atoms with E-state index in [0.717, 1.165) is 23.8 Å². The molecule has 0 radical (unpaired) electrons. The summed E-state index contributed by atoms with van der Waals surface area (Å²) in [5.74, 6) is 0. The van der Waals surface area contributed by atoms with E-state index in [2.05, 4.69) is 29.2 Å². The van der Waals surface area contributed by atoms with E-state index in [0.29, 0.717) is 6.04 Å². The van der Waals surface area contributed by atoms with Crippen LogP contribution in [-0.4, -0.2) is 10.9 Å². The van der Waals surface area contributed by atoms with Crippen molar-refractivity contribution in [3.63, 3.8) is 0 Å². The highest BCUT2D eigenvalue weighted by atomic mass is 35.5. The molecule has 2 nitrogen and oxygen atoms in total. The van der Waals surface area contributed by atoms with Crippen LogP contribution in [0.1, 0.15) is 24.0 Å². The molecule has 0 atom stereocenters. The first kappa shape index (κ1) is 13.5. The van der Waals surface area contributed by atoms with Gasteiger partial charge in [-0.3, -0.25) is 4.90 Å². The normalized spacial score (nSPS) is 14.7. The Morgan fingerprint density at radius 3 is 2.35 bits per heavy atom. The van der Waals surface area contributed by atoms with E-state index in [4.69, 9.17) is 17.3 Å². The van der Waals surface area contributed by atoms with Crippen LogP contribution in [0, 0.1) is 0 Å². The van der Waals surface area contributed by atoms with Gasteiger partial charge in [0.05, 0.1) is 0 Å². The summed E-state index contributed by atoms with van der Waals surface area (Å²) in [5.41, 5.74) is 9.15. The third-order valence-electron chi connectivity index (χ3n) is 3.70. The van der Waals surface area contributed by atoms with Gasteiger partial charge in [-0.2, -0.15) is 0 Å². The number of nitrogen functional groups attached to an aromatic ring is 1. The number of benzene rings is 2. The highest BCUT2D eigenvalue weighted by Gasteiger charge is 2.28. The van der Waals surface area contributed by atoms with Gasteiger partial charge in [0, 0.05) is 29.8 Å². The van der Waals surface area contributed by atoms with Crippen LogP contribution in [0.4, 0.5) is 5.69 Å². The molecule has 0 aliphatic heterocycles. The fraction of sp³-hybridized carbons (Fsp3) is 0.294. The molecule has 0 heterocycles. The summed E-state index contributed by atoms with van der Waals surface area (Å²) in [7, 11) is 0. The first-order chi connectivity index (χ1) is 9.70. The molecule has 2 N–H and O–H groups in total. The Balaban J connectivity index is 1.71. The average Bonchev–Trinajstić information content (AvgIpc) is 3.25. The Hall–Kier alpha value is -1.51. The van der Waals surface area contributed by atoms with E-state index in [1.807, 2.05) is 24.3 Å². The molecular weight excluding hydrogens is 268 g/mol. The van der Waals surface area contributed by atoms with Gasteiger partial charge in [0.1, 0.15) is 0 Å². The van der Waals surface area contributed by atoms with Crippen LogP contribution in [0.25, 0.3) is 0 Å². The lowest BCUT2D eigenvalue weighted by Crippen LogP contribution is -2.25. The van der Waals surface area contributed by atoms with Crippen LogP contribution >= 0.6 is 11.6 Å². The van der Waals surface area contributed by atoms with Crippen molar-refractivity contribution in [2.75, 3.05) is 5.73 Å². The minimum absolute atomic E-state index is 0.714. The maximum absolute atomic E-state index is 6.07. The summed E-state index contributed by atoms with van der Waals surface area (Å²) in [4.78, 5) is 2.52. The van der Waals surface area contributed by atoms with E-state index in [9.17, 15) is 0 Å². The summed E-state index contributed by atoms with van der Waals surface area (Å²) < 4.78 is 0. The summed E-state index contributed by atoms with van der Waals surface area (Å²) >= 11 is 6.07. The Kier molecular flexibility index (Phi) is 3.95. The van der Waals surface area contributed by atoms with Gasteiger partial charge in [0.2, 0.25) is 0 Å². The number of hydrogen-bond donors (Lipinski definition) is 1. The second-order valence-electron chi connectivity index (χ2n) is 5.51. The Morgan fingerprint density at radius 2 is 1.70 bits per heavy atom. The molecule has 0 saturated heterocycles. The predicted octanol–water partition coefficient (Wildman–Crippen LogP) is 4.09. The molecular formula is C17H19ClN2. The first-order valence-corrected chi connectivity index (χ1v) is 7.41. The molecule has 104 valence electrons. The number of hydrogen-bond acceptors (Lipinski definition) is 2. The maximum atomic E-state index is 6.07. The SMILES string of the molecule is Nc1ccc(CN(Cc2cccc(Cl)c2)C2CC2)cc1. The van der Waals surface area contributed by atoms with Gasteiger partial charge >= 0.3 is 0 Å². The zero-order chi connectivity index (χ0) is 13.9. The monoisotopic (exact) mass is 286 g/mol. The second kappa shape index (κ2) is 5.86. The topological polar surface area (TPSA) is 29.3 Å². The second-order valence-corrected chi connectivity index (χ2v) is 5.94. The summed E-state index contributed by atoms with van der Waals surface area (Å²) in [6.45, 7) is 1.92. The van der Waals surface area contributed by atoms with Gasteiger partial charge in [0.15, 0.2) is 0 Å². The molecule has 2 aromatic rings. The van der Waals surface area contributed by atoms with E-state index >= 15 is 0 Å². The van der Waals surface area contributed by atoms with Crippen LogP contribution in [-0.2, 0) is 13.1 Å². The summed E-state index contributed by atoms with van der Waals surface area (Å²) in [5, 5.41) is 0.811. The van der Waals surface area contributed by atoms with Crippen LogP contribution < -0.4 is 5.73 Å².